The Bertz CT molecular complexity index is 526. The van der Waals surface area contributed by atoms with Crippen molar-refractivity contribution in [2.24, 2.45) is 0 Å². The monoisotopic (exact) mass is 249 g/mol. The van der Waals surface area contributed by atoms with E-state index in [0.29, 0.717) is 23.1 Å². The molecule has 18 heavy (non-hydrogen) atoms. The van der Waals surface area contributed by atoms with Crippen molar-refractivity contribution in [3.63, 3.8) is 0 Å². The Morgan fingerprint density at radius 2 is 1.67 bits per heavy atom. The number of hydrogen-bond acceptors (Lipinski definition) is 5. The van der Waals surface area contributed by atoms with E-state index in [4.69, 9.17) is 19.9 Å². The molecule has 0 bridgehead atoms. The van der Waals surface area contributed by atoms with Crippen LogP contribution < -0.4 is 19.9 Å². The highest BCUT2D eigenvalue weighted by Gasteiger charge is 2.15. The average Bonchev–Trinajstić information content (AvgIpc) is 2.83. The number of ether oxygens (including phenoxy) is 3. The van der Waals surface area contributed by atoms with E-state index in [2.05, 4.69) is 10.2 Å². The van der Waals surface area contributed by atoms with E-state index < -0.39 is 0 Å². The summed E-state index contributed by atoms with van der Waals surface area (Å²) in [6, 6.07) is 3.64. The molecule has 2 rings (SSSR count). The predicted octanol–water partition coefficient (Wildman–Crippen LogP) is 1.68. The van der Waals surface area contributed by atoms with Gasteiger partial charge in [0.05, 0.1) is 27.5 Å². The van der Waals surface area contributed by atoms with Crippen LogP contribution in [0.3, 0.4) is 0 Å². The number of aromatic amines is 1. The molecule has 1 aromatic carbocycles. The van der Waals surface area contributed by atoms with Gasteiger partial charge >= 0.3 is 0 Å². The van der Waals surface area contributed by atoms with Crippen molar-refractivity contribution in [1.29, 1.82) is 0 Å². The molecule has 0 amide bonds. The molecule has 0 aliphatic rings. The third-order valence-electron chi connectivity index (χ3n) is 2.64. The van der Waals surface area contributed by atoms with Crippen LogP contribution in [0.1, 0.15) is 0 Å². The number of hydrogen-bond donors (Lipinski definition) is 2. The molecule has 0 unspecified atom stereocenters. The lowest BCUT2D eigenvalue weighted by Gasteiger charge is -2.13. The molecule has 1 aromatic heterocycles. The Kier molecular flexibility index (Phi) is 3.27. The minimum atomic E-state index is 0.490. The summed E-state index contributed by atoms with van der Waals surface area (Å²) in [5, 5.41) is 6.57. The largest absolute Gasteiger partial charge is 0.493 e. The summed E-state index contributed by atoms with van der Waals surface area (Å²) in [4.78, 5) is 0. The summed E-state index contributed by atoms with van der Waals surface area (Å²) >= 11 is 0. The Hall–Kier alpha value is -2.37. The molecule has 6 nitrogen and oxygen atoms in total. The van der Waals surface area contributed by atoms with Crippen molar-refractivity contribution in [3.8, 4) is 28.4 Å². The van der Waals surface area contributed by atoms with Gasteiger partial charge in [-0.1, -0.05) is 0 Å². The number of methoxy groups -OCH3 is 3. The second kappa shape index (κ2) is 4.87. The number of nitrogen functional groups attached to an aromatic ring is 1. The van der Waals surface area contributed by atoms with Gasteiger partial charge in [0.1, 0.15) is 5.82 Å². The molecule has 2 aromatic rings. The van der Waals surface area contributed by atoms with Crippen molar-refractivity contribution >= 4 is 5.82 Å². The molecule has 0 aliphatic heterocycles. The van der Waals surface area contributed by atoms with E-state index >= 15 is 0 Å². The lowest BCUT2D eigenvalue weighted by Crippen LogP contribution is -1.96. The SMILES string of the molecule is COc1cc(-c2cn[nH]c2N)cc(OC)c1OC. The molecule has 0 saturated heterocycles. The van der Waals surface area contributed by atoms with E-state index in [-0.39, 0.29) is 0 Å². The highest BCUT2D eigenvalue weighted by Crippen LogP contribution is 2.41. The third kappa shape index (κ3) is 1.92. The van der Waals surface area contributed by atoms with Gasteiger partial charge in [-0.2, -0.15) is 5.10 Å². The number of H-pyrrole nitrogens is 1. The molecule has 0 atom stereocenters. The van der Waals surface area contributed by atoms with Gasteiger partial charge in [0.2, 0.25) is 5.75 Å². The van der Waals surface area contributed by atoms with Gasteiger partial charge in [0, 0.05) is 5.56 Å². The zero-order valence-corrected chi connectivity index (χ0v) is 10.5. The second-order valence-electron chi connectivity index (χ2n) is 3.61. The highest BCUT2D eigenvalue weighted by molar-refractivity contribution is 5.77. The molecule has 0 saturated carbocycles. The molecule has 0 radical (unpaired) electrons. The molecule has 6 heteroatoms. The zero-order valence-electron chi connectivity index (χ0n) is 10.5. The molecule has 0 spiro atoms. The van der Waals surface area contributed by atoms with E-state index in [0.717, 1.165) is 11.1 Å². The predicted molar refractivity (Wildman–Crippen MR) is 68.1 cm³/mol. The molecule has 0 aliphatic carbocycles. The van der Waals surface area contributed by atoms with Gasteiger partial charge in [-0.05, 0) is 17.7 Å². The number of benzene rings is 1. The van der Waals surface area contributed by atoms with E-state index in [1.54, 1.807) is 27.5 Å². The fourth-order valence-electron chi connectivity index (χ4n) is 1.76. The lowest BCUT2D eigenvalue weighted by molar-refractivity contribution is 0.324. The second-order valence-corrected chi connectivity index (χ2v) is 3.61. The summed E-state index contributed by atoms with van der Waals surface area (Å²) in [5.41, 5.74) is 7.42. The van der Waals surface area contributed by atoms with Crippen LogP contribution in [0.2, 0.25) is 0 Å². The van der Waals surface area contributed by atoms with E-state index in [1.165, 1.54) is 0 Å². The Morgan fingerprint density at radius 3 is 2.06 bits per heavy atom. The van der Waals surface area contributed by atoms with Gasteiger partial charge in [0.15, 0.2) is 11.5 Å². The number of rotatable bonds is 4. The minimum absolute atomic E-state index is 0.490. The zero-order chi connectivity index (χ0) is 13.1. The van der Waals surface area contributed by atoms with Crippen LogP contribution in [-0.4, -0.2) is 31.5 Å². The Labute approximate surface area is 105 Å². The Balaban J connectivity index is 2.60. The first-order chi connectivity index (χ1) is 8.71. The van der Waals surface area contributed by atoms with Gasteiger partial charge < -0.3 is 19.9 Å². The fourth-order valence-corrected chi connectivity index (χ4v) is 1.76. The van der Waals surface area contributed by atoms with Crippen LogP contribution in [0.4, 0.5) is 5.82 Å². The molecular formula is C12H15N3O3. The van der Waals surface area contributed by atoms with Gasteiger partial charge in [-0.25, -0.2) is 0 Å². The third-order valence-corrected chi connectivity index (χ3v) is 2.64. The van der Waals surface area contributed by atoms with Crippen LogP contribution in [0.5, 0.6) is 17.2 Å². The number of aromatic nitrogens is 2. The number of nitrogens with two attached hydrogens (primary N) is 1. The van der Waals surface area contributed by atoms with Crippen molar-refractivity contribution in [3.05, 3.63) is 18.3 Å². The van der Waals surface area contributed by atoms with Crippen LogP contribution in [-0.2, 0) is 0 Å². The van der Waals surface area contributed by atoms with Crippen LogP contribution in [0.15, 0.2) is 18.3 Å². The van der Waals surface area contributed by atoms with E-state index in [9.17, 15) is 0 Å². The molecule has 0 fully saturated rings. The standard InChI is InChI=1S/C12H15N3O3/c1-16-9-4-7(8-6-14-15-12(8)13)5-10(17-2)11(9)18-3/h4-6H,1-3H3,(H3,13,14,15). The number of nitrogens with zero attached hydrogens (tertiary/aromatic N) is 1. The van der Waals surface area contributed by atoms with Gasteiger partial charge in [-0.3, -0.25) is 5.10 Å². The summed E-state index contributed by atoms with van der Waals surface area (Å²) in [5.74, 6) is 2.19. The minimum Gasteiger partial charge on any atom is -0.493 e. The summed E-state index contributed by atoms with van der Waals surface area (Å²) < 4.78 is 15.8. The summed E-state index contributed by atoms with van der Waals surface area (Å²) in [6.45, 7) is 0. The van der Waals surface area contributed by atoms with Crippen molar-refractivity contribution in [2.45, 2.75) is 0 Å². The number of anilines is 1. The first-order valence-electron chi connectivity index (χ1n) is 5.30. The van der Waals surface area contributed by atoms with Gasteiger partial charge in [0.25, 0.3) is 0 Å². The van der Waals surface area contributed by atoms with Gasteiger partial charge in [-0.15, -0.1) is 0 Å². The maximum Gasteiger partial charge on any atom is 0.203 e. The van der Waals surface area contributed by atoms with Crippen LogP contribution >= 0.6 is 0 Å². The molecule has 1 heterocycles. The molecular weight excluding hydrogens is 234 g/mol. The summed E-state index contributed by atoms with van der Waals surface area (Å²) in [7, 11) is 4.70. The quantitative estimate of drug-likeness (QED) is 0.861. The van der Waals surface area contributed by atoms with Crippen molar-refractivity contribution < 1.29 is 14.2 Å². The first-order valence-corrected chi connectivity index (χ1v) is 5.30. The van der Waals surface area contributed by atoms with Crippen LogP contribution in [0, 0.1) is 0 Å². The smallest absolute Gasteiger partial charge is 0.203 e. The highest BCUT2D eigenvalue weighted by atomic mass is 16.5. The van der Waals surface area contributed by atoms with Crippen LogP contribution in [0.25, 0.3) is 11.1 Å². The van der Waals surface area contributed by atoms with E-state index in [1.807, 2.05) is 12.1 Å². The topological polar surface area (TPSA) is 82.4 Å². The van der Waals surface area contributed by atoms with Crippen molar-refractivity contribution in [2.75, 3.05) is 27.1 Å². The maximum absolute atomic E-state index is 5.80. The Morgan fingerprint density at radius 1 is 1.06 bits per heavy atom. The fraction of sp³-hybridized carbons (Fsp3) is 0.250. The normalized spacial score (nSPS) is 10.2. The molecule has 96 valence electrons. The average molecular weight is 249 g/mol. The lowest BCUT2D eigenvalue weighted by atomic mass is 10.1. The number of nitrogens with one attached hydrogen (secondary N) is 1. The first kappa shape index (κ1) is 12.1. The van der Waals surface area contributed by atoms with Crippen molar-refractivity contribution in [1.82, 2.24) is 10.2 Å². The summed E-state index contributed by atoms with van der Waals surface area (Å²) in [6.07, 6.45) is 1.65. The maximum atomic E-state index is 5.80. The molecule has 3 N–H and O–H groups in total.